The van der Waals surface area contributed by atoms with Gasteiger partial charge >= 0.3 is 4.87 Å². The number of benzene rings is 3. The normalized spacial score (nSPS) is 11.9. The summed E-state index contributed by atoms with van der Waals surface area (Å²) in [6.07, 6.45) is 0.842. The number of anilines is 1. The molecule has 5 nitrogen and oxygen atoms in total. The molecule has 3 aromatic carbocycles. The van der Waals surface area contributed by atoms with Crippen LogP contribution in [0, 0.1) is 0 Å². The quantitative estimate of drug-likeness (QED) is 0.541. The number of nitrogens with one attached hydrogen (secondary N) is 1. The maximum Gasteiger partial charge on any atom is 0.308 e. The van der Waals surface area contributed by atoms with Gasteiger partial charge in [-0.2, -0.15) is 0 Å². The van der Waals surface area contributed by atoms with E-state index in [2.05, 4.69) is 4.72 Å². The summed E-state index contributed by atoms with van der Waals surface area (Å²) in [5.41, 5.74) is 1.31. The number of nitrogens with zero attached hydrogens (tertiary/aromatic N) is 1. The van der Waals surface area contributed by atoms with Gasteiger partial charge in [-0.25, -0.2) is 8.42 Å². The van der Waals surface area contributed by atoms with E-state index in [1.807, 2.05) is 43.3 Å². The molecule has 0 fully saturated rings. The first-order valence-corrected chi connectivity index (χ1v) is 10.9. The van der Waals surface area contributed by atoms with Gasteiger partial charge in [-0.15, -0.1) is 0 Å². The van der Waals surface area contributed by atoms with Gasteiger partial charge < -0.3 is 0 Å². The number of sulfonamides is 1. The van der Waals surface area contributed by atoms with Crippen LogP contribution in [0.2, 0.25) is 0 Å². The lowest BCUT2D eigenvalue weighted by Crippen LogP contribution is -2.13. The Bertz CT molecular complexity index is 1300. The Labute approximate surface area is 160 Å². The number of aromatic nitrogens is 1. The fourth-order valence-electron chi connectivity index (χ4n) is 3.17. The molecule has 7 heteroatoms. The highest BCUT2D eigenvalue weighted by molar-refractivity contribution is 7.92. The van der Waals surface area contributed by atoms with E-state index in [-0.39, 0.29) is 9.77 Å². The largest absolute Gasteiger partial charge is 0.308 e. The zero-order valence-corrected chi connectivity index (χ0v) is 16.3. The van der Waals surface area contributed by atoms with E-state index in [1.165, 1.54) is 0 Å². The second kappa shape index (κ2) is 6.83. The summed E-state index contributed by atoms with van der Waals surface area (Å²) in [6.45, 7) is 2.63. The van der Waals surface area contributed by atoms with Gasteiger partial charge in [0.15, 0.2) is 0 Å². The molecule has 0 unspecified atom stereocenters. The number of hydrogen-bond donors (Lipinski definition) is 1. The minimum absolute atomic E-state index is 0.0663. The molecule has 0 aliphatic carbocycles. The summed E-state index contributed by atoms with van der Waals surface area (Å²) in [5.74, 6) is 0. The van der Waals surface area contributed by atoms with Crippen molar-refractivity contribution in [3.8, 4) is 0 Å². The van der Waals surface area contributed by atoms with E-state index in [9.17, 15) is 13.2 Å². The number of rotatable bonds is 5. The fourth-order valence-corrected chi connectivity index (χ4v) is 5.30. The number of aryl methyl sites for hydroxylation is 1. The summed E-state index contributed by atoms with van der Waals surface area (Å²) in [6, 6.07) is 17.9. The van der Waals surface area contributed by atoms with Gasteiger partial charge in [0.1, 0.15) is 0 Å². The molecule has 4 aromatic rings. The number of fused-ring (bicyclic) bond motifs is 2. The molecule has 0 saturated heterocycles. The van der Waals surface area contributed by atoms with Crippen LogP contribution >= 0.6 is 11.3 Å². The predicted octanol–water partition coefficient (Wildman–Crippen LogP) is 4.43. The highest BCUT2D eigenvalue weighted by Gasteiger charge is 2.18. The molecule has 1 N–H and O–H groups in total. The van der Waals surface area contributed by atoms with Gasteiger partial charge in [0.05, 0.1) is 20.8 Å². The van der Waals surface area contributed by atoms with Gasteiger partial charge in [0.2, 0.25) is 0 Å². The van der Waals surface area contributed by atoms with Crippen LogP contribution < -0.4 is 9.60 Å². The van der Waals surface area contributed by atoms with E-state index >= 15 is 0 Å². The summed E-state index contributed by atoms with van der Waals surface area (Å²) < 4.78 is 30.9. The zero-order valence-electron chi connectivity index (χ0n) is 14.7. The second-order valence-electron chi connectivity index (χ2n) is 6.28. The lowest BCUT2D eigenvalue weighted by Gasteiger charge is -2.11. The van der Waals surface area contributed by atoms with Gasteiger partial charge in [-0.3, -0.25) is 14.1 Å². The minimum atomic E-state index is -3.77. The average Bonchev–Trinajstić information content (AvgIpc) is 2.97. The van der Waals surface area contributed by atoms with Crippen molar-refractivity contribution in [2.45, 2.75) is 24.8 Å². The van der Waals surface area contributed by atoms with E-state index in [0.717, 1.165) is 34.0 Å². The fraction of sp³-hybridized carbons (Fsp3) is 0.150. The lowest BCUT2D eigenvalue weighted by atomic mass is 10.1. The molecule has 0 atom stereocenters. The summed E-state index contributed by atoms with van der Waals surface area (Å²) >= 11 is 1.07. The van der Waals surface area contributed by atoms with Crippen LogP contribution in [0.3, 0.4) is 0 Å². The van der Waals surface area contributed by atoms with Crippen LogP contribution in [-0.4, -0.2) is 13.0 Å². The highest BCUT2D eigenvalue weighted by Crippen LogP contribution is 2.27. The molecule has 0 aliphatic heterocycles. The molecule has 0 saturated carbocycles. The monoisotopic (exact) mass is 398 g/mol. The Morgan fingerprint density at radius 1 is 1.04 bits per heavy atom. The Hall–Kier alpha value is -2.64. The van der Waals surface area contributed by atoms with E-state index < -0.39 is 10.0 Å². The topological polar surface area (TPSA) is 68.2 Å². The van der Waals surface area contributed by atoms with Crippen molar-refractivity contribution in [1.82, 2.24) is 4.57 Å². The molecule has 0 bridgehead atoms. The molecule has 1 heterocycles. The second-order valence-corrected chi connectivity index (χ2v) is 8.96. The standard InChI is InChI=1S/C20H18N2O3S2/c1-2-12-22-18-11-10-15(13-19(18)26-20(22)23)27(24,25)21-17-9-5-7-14-6-3-4-8-16(14)17/h3-11,13,21H,2,12H2,1H3. The molecule has 0 spiro atoms. The van der Waals surface area contributed by atoms with Gasteiger partial charge in [0.25, 0.3) is 10.0 Å². The Kier molecular flexibility index (Phi) is 4.49. The highest BCUT2D eigenvalue weighted by atomic mass is 32.2. The van der Waals surface area contributed by atoms with Gasteiger partial charge in [0, 0.05) is 11.9 Å². The Morgan fingerprint density at radius 3 is 2.63 bits per heavy atom. The summed E-state index contributed by atoms with van der Waals surface area (Å²) in [7, 11) is -3.77. The smallest absolute Gasteiger partial charge is 0.299 e. The van der Waals surface area contributed by atoms with Crippen LogP contribution in [-0.2, 0) is 16.6 Å². The third-order valence-corrected chi connectivity index (χ3v) is 6.74. The van der Waals surface area contributed by atoms with Crippen molar-refractivity contribution in [1.29, 1.82) is 0 Å². The molecule has 0 radical (unpaired) electrons. The maximum absolute atomic E-state index is 12.9. The first-order chi connectivity index (χ1) is 13.0. The number of hydrogen-bond acceptors (Lipinski definition) is 4. The van der Waals surface area contributed by atoms with Crippen LogP contribution in [0.25, 0.3) is 21.0 Å². The maximum atomic E-state index is 12.9. The first kappa shape index (κ1) is 17.8. The van der Waals surface area contributed by atoms with Crippen molar-refractivity contribution < 1.29 is 8.42 Å². The van der Waals surface area contributed by atoms with E-state index in [4.69, 9.17) is 0 Å². The SMILES string of the molecule is CCCn1c(=O)sc2cc(S(=O)(=O)Nc3cccc4ccccc34)ccc21. The molecular formula is C20H18N2O3S2. The third-order valence-electron chi connectivity index (χ3n) is 4.43. The van der Waals surface area contributed by atoms with Crippen molar-refractivity contribution >= 4 is 48.0 Å². The van der Waals surface area contributed by atoms with Crippen LogP contribution in [0.15, 0.2) is 70.4 Å². The van der Waals surface area contributed by atoms with Crippen LogP contribution in [0.1, 0.15) is 13.3 Å². The van der Waals surface area contributed by atoms with Crippen molar-refractivity contribution in [3.05, 3.63) is 70.3 Å². The minimum Gasteiger partial charge on any atom is -0.299 e. The van der Waals surface area contributed by atoms with E-state index in [0.29, 0.717) is 16.9 Å². The molecule has 138 valence electrons. The zero-order chi connectivity index (χ0) is 19.0. The Balaban J connectivity index is 1.76. The summed E-state index contributed by atoms with van der Waals surface area (Å²) in [4.78, 5) is 12.2. The van der Waals surface area contributed by atoms with Crippen LogP contribution in [0.4, 0.5) is 5.69 Å². The molecule has 0 amide bonds. The number of thiazole rings is 1. The molecule has 4 rings (SSSR count). The predicted molar refractivity (Wildman–Crippen MR) is 111 cm³/mol. The van der Waals surface area contributed by atoms with Crippen molar-refractivity contribution in [3.63, 3.8) is 0 Å². The Morgan fingerprint density at radius 2 is 1.81 bits per heavy atom. The molecule has 27 heavy (non-hydrogen) atoms. The third kappa shape index (κ3) is 3.24. The summed E-state index contributed by atoms with van der Waals surface area (Å²) in [5, 5.41) is 1.80. The molecule has 1 aromatic heterocycles. The van der Waals surface area contributed by atoms with Gasteiger partial charge in [-0.1, -0.05) is 54.7 Å². The lowest BCUT2D eigenvalue weighted by molar-refractivity contribution is 0.601. The van der Waals surface area contributed by atoms with Crippen LogP contribution in [0.5, 0.6) is 0 Å². The van der Waals surface area contributed by atoms with E-state index in [1.54, 1.807) is 28.8 Å². The van der Waals surface area contributed by atoms with Crippen molar-refractivity contribution in [2.75, 3.05) is 4.72 Å². The first-order valence-electron chi connectivity index (χ1n) is 8.63. The molecule has 0 aliphatic rings. The average molecular weight is 399 g/mol. The molecular weight excluding hydrogens is 380 g/mol. The van der Waals surface area contributed by atoms with Gasteiger partial charge in [-0.05, 0) is 36.1 Å². The van der Waals surface area contributed by atoms with Crippen molar-refractivity contribution in [2.24, 2.45) is 0 Å².